The van der Waals surface area contributed by atoms with Crippen LogP contribution in [0.15, 0.2) is 18.2 Å². The third-order valence-corrected chi connectivity index (χ3v) is 3.00. The van der Waals surface area contributed by atoms with Crippen LogP contribution >= 0.6 is 0 Å². The van der Waals surface area contributed by atoms with E-state index in [1.807, 2.05) is 0 Å². The van der Waals surface area contributed by atoms with Crippen molar-refractivity contribution >= 4 is 0 Å². The minimum atomic E-state index is 0.115. The number of methoxy groups -OCH3 is 2. The molecule has 96 valence electrons. The summed E-state index contributed by atoms with van der Waals surface area (Å²) in [6.07, 6.45) is 0.115. The average Bonchev–Trinajstić information content (AvgIpc) is 2.31. The molecule has 1 aromatic carbocycles. The molecule has 0 aliphatic carbocycles. The number of rotatable bonds is 7. The van der Waals surface area contributed by atoms with E-state index in [-0.39, 0.29) is 6.10 Å². The predicted octanol–water partition coefficient (Wildman–Crippen LogP) is 2.05. The summed E-state index contributed by atoms with van der Waals surface area (Å²) in [6, 6.07) is 6.39. The van der Waals surface area contributed by atoms with Crippen LogP contribution in [0.3, 0.4) is 0 Å². The molecule has 0 aliphatic rings. The molecule has 17 heavy (non-hydrogen) atoms. The van der Waals surface area contributed by atoms with Gasteiger partial charge in [-0.25, -0.2) is 0 Å². The Morgan fingerprint density at radius 3 is 2.35 bits per heavy atom. The van der Waals surface area contributed by atoms with E-state index in [2.05, 4.69) is 37.4 Å². The van der Waals surface area contributed by atoms with Crippen molar-refractivity contribution in [1.82, 2.24) is 5.32 Å². The van der Waals surface area contributed by atoms with Crippen molar-refractivity contribution in [3.63, 3.8) is 0 Å². The first kappa shape index (κ1) is 14.2. The van der Waals surface area contributed by atoms with Crippen molar-refractivity contribution in [2.75, 3.05) is 27.4 Å². The largest absolute Gasteiger partial charge is 0.382 e. The molecule has 0 spiro atoms. The third-order valence-electron chi connectivity index (χ3n) is 3.00. The molecule has 0 heterocycles. The molecular formula is C14H23NO2. The zero-order chi connectivity index (χ0) is 12.7. The van der Waals surface area contributed by atoms with Gasteiger partial charge in [0.15, 0.2) is 0 Å². The van der Waals surface area contributed by atoms with Crippen molar-refractivity contribution in [2.24, 2.45) is 0 Å². The van der Waals surface area contributed by atoms with Crippen LogP contribution in [0.1, 0.15) is 16.7 Å². The van der Waals surface area contributed by atoms with E-state index in [1.165, 1.54) is 16.7 Å². The maximum Gasteiger partial charge on any atom is 0.0928 e. The van der Waals surface area contributed by atoms with Gasteiger partial charge in [-0.1, -0.05) is 18.2 Å². The monoisotopic (exact) mass is 237 g/mol. The van der Waals surface area contributed by atoms with Crippen LogP contribution in [0.5, 0.6) is 0 Å². The molecule has 1 rings (SSSR count). The second kappa shape index (κ2) is 7.43. The van der Waals surface area contributed by atoms with Gasteiger partial charge < -0.3 is 14.8 Å². The van der Waals surface area contributed by atoms with Crippen LogP contribution < -0.4 is 5.32 Å². The van der Waals surface area contributed by atoms with Gasteiger partial charge >= 0.3 is 0 Å². The summed E-state index contributed by atoms with van der Waals surface area (Å²) in [5, 5.41) is 3.41. The lowest BCUT2D eigenvalue weighted by molar-refractivity contribution is 0.0288. The Morgan fingerprint density at radius 1 is 1.18 bits per heavy atom. The van der Waals surface area contributed by atoms with E-state index in [4.69, 9.17) is 9.47 Å². The fourth-order valence-corrected chi connectivity index (χ4v) is 1.88. The molecule has 0 amide bonds. The number of hydrogen-bond acceptors (Lipinski definition) is 3. The predicted molar refractivity (Wildman–Crippen MR) is 70.3 cm³/mol. The standard InChI is InChI=1S/C14H23NO2/c1-11-6-5-7-12(2)14(11)9-15-8-13(17-4)10-16-3/h5-7,13,15H,8-10H2,1-4H3. The minimum absolute atomic E-state index is 0.115. The molecule has 0 fully saturated rings. The number of aryl methyl sites for hydroxylation is 2. The second-order valence-electron chi connectivity index (χ2n) is 4.31. The van der Waals surface area contributed by atoms with Crippen LogP contribution in [-0.4, -0.2) is 33.5 Å². The van der Waals surface area contributed by atoms with Crippen molar-refractivity contribution in [3.05, 3.63) is 34.9 Å². The van der Waals surface area contributed by atoms with Crippen LogP contribution in [-0.2, 0) is 16.0 Å². The molecule has 3 heteroatoms. The lowest BCUT2D eigenvalue weighted by Gasteiger charge is -2.16. The zero-order valence-electron chi connectivity index (χ0n) is 11.2. The Hall–Kier alpha value is -0.900. The third kappa shape index (κ3) is 4.46. The summed E-state index contributed by atoms with van der Waals surface area (Å²) in [5.41, 5.74) is 4.04. The maximum atomic E-state index is 5.30. The highest BCUT2D eigenvalue weighted by molar-refractivity contribution is 5.33. The second-order valence-corrected chi connectivity index (χ2v) is 4.31. The van der Waals surface area contributed by atoms with Crippen LogP contribution in [0.4, 0.5) is 0 Å². The molecule has 3 nitrogen and oxygen atoms in total. The Labute approximate surface area is 104 Å². The Bertz CT molecular complexity index is 319. The summed E-state index contributed by atoms with van der Waals surface area (Å²) in [7, 11) is 3.40. The van der Waals surface area contributed by atoms with Crippen molar-refractivity contribution in [2.45, 2.75) is 26.5 Å². The van der Waals surface area contributed by atoms with Gasteiger partial charge in [-0.3, -0.25) is 0 Å². The molecule has 0 bridgehead atoms. The lowest BCUT2D eigenvalue weighted by Crippen LogP contribution is -2.31. The van der Waals surface area contributed by atoms with E-state index in [0.717, 1.165) is 13.1 Å². The first-order chi connectivity index (χ1) is 8.19. The Kier molecular flexibility index (Phi) is 6.19. The summed E-state index contributed by atoms with van der Waals surface area (Å²) in [6.45, 7) is 6.59. The molecule has 0 saturated heterocycles. The molecule has 0 radical (unpaired) electrons. The van der Waals surface area contributed by atoms with Gasteiger partial charge in [-0.2, -0.15) is 0 Å². The van der Waals surface area contributed by atoms with Crippen molar-refractivity contribution in [1.29, 1.82) is 0 Å². The van der Waals surface area contributed by atoms with Gasteiger partial charge in [0, 0.05) is 27.3 Å². The van der Waals surface area contributed by atoms with Gasteiger partial charge in [-0.05, 0) is 30.5 Å². The zero-order valence-corrected chi connectivity index (χ0v) is 11.2. The summed E-state index contributed by atoms with van der Waals surface area (Å²) < 4.78 is 10.4. The van der Waals surface area contributed by atoms with Crippen LogP contribution in [0.2, 0.25) is 0 Å². The van der Waals surface area contributed by atoms with E-state index in [9.17, 15) is 0 Å². The number of nitrogens with one attached hydrogen (secondary N) is 1. The van der Waals surface area contributed by atoms with Crippen molar-refractivity contribution < 1.29 is 9.47 Å². The smallest absolute Gasteiger partial charge is 0.0928 e. The number of benzene rings is 1. The lowest BCUT2D eigenvalue weighted by atomic mass is 10.0. The SMILES string of the molecule is COCC(CNCc1c(C)cccc1C)OC. The quantitative estimate of drug-likeness (QED) is 0.787. The van der Waals surface area contributed by atoms with E-state index < -0.39 is 0 Å². The van der Waals surface area contributed by atoms with Gasteiger partial charge in [-0.15, -0.1) is 0 Å². The molecule has 0 aliphatic heterocycles. The highest BCUT2D eigenvalue weighted by Crippen LogP contribution is 2.12. The highest BCUT2D eigenvalue weighted by atomic mass is 16.5. The molecule has 0 aromatic heterocycles. The molecule has 1 N–H and O–H groups in total. The van der Waals surface area contributed by atoms with E-state index in [1.54, 1.807) is 14.2 Å². The van der Waals surface area contributed by atoms with Gasteiger partial charge in [0.1, 0.15) is 0 Å². The molecule has 1 atom stereocenters. The Balaban J connectivity index is 2.45. The maximum absolute atomic E-state index is 5.30. The normalized spacial score (nSPS) is 12.7. The Morgan fingerprint density at radius 2 is 1.82 bits per heavy atom. The molecule has 1 aromatic rings. The highest BCUT2D eigenvalue weighted by Gasteiger charge is 2.07. The van der Waals surface area contributed by atoms with Gasteiger partial charge in [0.05, 0.1) is 12.7 Å². The fraction of sp³-hybridized carbons (Fsp3) is 0.571. The number of hydrogen-bond donors (Lipinski definition) is 1. The van der Waals surface area contributed by atoms with Crippen molar-refractivity contribution in [3.8, 4) is 0 Å². The molecule has 0 saturated carbocycles. The summed E-state index contributed by atoms with van der Waals surface area (Å²) in [5.74, 6) is 0. The first-order valence-electron chi connectivity index (χ1n) is 5.96. The van der Waals surface area contributed by atoms with E-state index >= 15 is 0 Å². The first-order valence-corrected chi connectivity index (χ1v) is 5.96. The average molecular weight is 237 g/mol. The number of ether oxygens (including phenoxy) is 2. The van der Waals surface area contributed by atoms with Gasteiger partial charge in [0.25, 0.3) is 0 Å². The fourth-order valence-electron chi connectivity index (χ4n) is 1.88. The van der Waals surface area contributed by atoms with Gasteiger partial charge in [0.2, 0.25) is 0 Å². The minimum Gasteiger partial charge on any atom is -0.382 e. The summed E-state index contributed by atoms with van der Waals surface area (Å²) >= 11 is 0. The van der Waals surface area contributed by atoms with Crippen LogP contribution in [0, 0.1) is 13.8 Å². The van der Waals surface area contributed by atoms with E-state index in [0.29, 0.717) is 6.61 Å². The summed E-state index contributed by atoms with van der Waals surface area (Å²) in [4.78, 5) is 0. The van der Waals surface area contributed by atoms with Crippen LogP contribution in [0.25, 0.3) is 0 Å². The molecule has 1 unspecified atom stereocenters. The topological polar surface area (TPSA) is 30.5 Å². The molecular weight excluding hydrogens is 214 g/mol.